The molecule has 0 radical (unpaired) electrons. The van der Waals surface area contributed by atoms with E-state index in [1.807, 2.05) is 25.1 Å². The third-order valence-corrected chi connectivity index (χ3v) is 7.87. The molecule has 2 aromatic heterocycles. The number of ether oxygens (including phenoxy) is 1. The van der Waals surface area contributed by atoms with Gasteiger partial charge in [0.05, 0.1) is 16.8 Å². The van der Waals surface area contributed by atoms with E-state index >= 15 is 0 Å². The molecule has 10 heteroatoms. The largest absolute Gasteiger partial charge is 0.382 e. The van der Waals surface area contributed by atoms with Crippen LogP contribution in [0.3, 0.4) is 0 Å². The van der Waals surface area contributed by atoms with Crippen LogP contribution in [-0.4, -0.2) is 52.7 Å². The number of imidazole rings is 1. The van der Waals surface area contributed by atoms with Crippen molar-refractivity contribution in [1.82, 2.24) is 18.8 Å². The highest BCUT2D eigenvalue weighted by atomic mass is 79.9. The second kappa shape index (κ2) is 8.78. The summed E-state index contributed by atoms with van der Waals surface area (Å²) in [5.74, 6) is 1.48. The van der Waals surface area contributed by atoms with Gasteiger partial charge in [-0.2, -0.15) is 0 Å². The number of nitrogens with two attached hydrogens (primary N) is 1. The normalized spacial score (nSPS) is 16.7. The minimum absolute atomic E-state index is 0.269. The zero-order valence-corrected chi connectivity index (χ0v) is 19.4. The Hall–Kier alpha value is -1.75. The summed E-state index contributed by atoms with van der Waals surface area (Å²) in [6.45, 7) is 4.84. The lowest BCUT2D eigenvalue weighted by Gasteiger charge is -2.15. The van der Waals surface area contributed by atoms with Gasteiger partial charge in [0.25, 0.3) is 0 Å². The number of hydrogen-bond acceptors (Lipinski definition) is 6. The molecule has 0 aliphatic carbocycles. The van der Waals surface area contributed by atoms with Gasteiger partial charge in [0, 0.05) is 36.1 Å². The fraction of sp³-hybridized carbons (Fsp3) is 0.500. The number of pyridine rings is 1. The molecule has 1 aliphatic rings. The van der Waals surface area contributed by atoms with Crippen LogP contribution >= 0.6 is 15.9 Å². The molecule has 0 spiro atoms. The maximum Gasteiger partial charge on any atom is 0.214 e. The first-order valence-corrected chi connectivity index (χ1v) is 12.6. The van der Waals surface area contributed by atoms with Crippen LogP contribution in [-0.2, 0) is 27.9 Å². The molecule has 30 heavy (non-hydrogen) atoms. The smallest absolute Gasteiger partial charge is 0.214 e. The number of anilines is 1. The SMILES string of the molecule is CCOCc1nc2c(N)nc3cc(Br)ccc3c2n1CCCCN1CCCS1(=O)=O. The van der Waals surface area contributed by atoms with Crippen LogP contribution < -0.4 is 5.73 Å². The molecule has 1 aliphatic heterocycles. The van der Waals surface area contributed by atoms with Gasteiger partial charge in [-0.3, -0.25) is 0 Å². The molecule has 1 aromatic carbocycles. The van der Waals surface area contributed by atoms with E-state index in [4.69, 9.17) is 15.5 Å². The molecule has 3 heterocycles. The van der Waals surface area contributed by atoms with Gasteiger partial charge >= 0.3 is 0 Å². The van der Waals surface area contributed by atoms with Gasteiger partial charge in [-0.25, -0.2) is 22.7 Å². The molecule has 1 fully saturated rings. The third-order valence-electron chi connectivity index (χ3n) is 5.42. The van der Waals surface area contributed by atoms with Gasteiger partial charge < -0.3 is 15.0 Å². The maximum atomic E-state index is 12.0. The molecule has 4 rings (SSSR count). The van der Waals surface area contributed by atoms with Crippen molar-refractivity contribution in [1.29, 1.82) is 0 Å². The topological polar surface area (TPSA) is 103 Å². The number of rotatable bonds is 8. The van der Waals surface area contributed by atoms with Crippen LogP contribution in [0.1, 0.15) is 32.0 Å². The average Bonchev–Trinajstić information content (AvgIpc) is 3.23. The monoisotopic (exact) mass is 495 g/mol. The highest BCUT2D eigenvalue weighted by Crippen LogP contribution is 2.31. The molecule has 0 unspecified atom stereocenters. The van der Waals surface area contributed by atoms with Gasteiger partial charge in [-0.1, -0.05) is 15.9 Å². The molecule has 0 bridgehead atoms. The first-order valence-electron chi connectivity index (χ1n) is 10.2. The molecule has 162 valence electrons. The molecule has 0 atom stereocenters. The third kappa shape index (κ3) is 4.18. The fourth-order valence-electron chi connectivity index (χ4n) is 3.98. The van der Waals surface area contributed by atoms with Crippen molar-refractivity contribution in [2.24, 2.45) is 0 Å². The van der Waals surface area contributed by atoms with Crippen molar-refractivity contribution in [3.05, 3.63) is 28.5 Å². The summed E-state index contributed by atoms with van der Waals surface area (Å²) in [7, 11) is -3.05. The van der Waals surface area contributed by atoms with Crippen molar-refractivity contribution >= 4 is 53.7 Å². The molecular weight excluding hydrogens is 470 g/mol. The Bertz CT molecular complexity index is 1180. The summed E-state index contributed by atoms with van der Waals surface area (Å²) in [5.41, 5.74) is 8.68. The van der Waals surface area contributed by atoms with Crippen LogP contribution in [0.5, 0.6) is 0 Å². The van der Waals surface area contributed by atoms with Crippen LogP contribution in [0.2, 0.25) is 0 Å². The van der Waals surface area contributed by atoms with Crippen LogP contribution in [0.4, 0.5) is 5.82 Å². The predicted octanol–water partition coefficient (Wildman–Crippen LogP) is 3.28. The van der Waals surface area contributed by atoms with Crippen molar-refractivity contribution in [3.63, 3.8) is 0 Å². The highest BCUT2D eigenvalue weighted by Gasteiger charge is 2.27. The lowest BCUT2D eigenvalue weighted by Crippen LogP contribution is -2.26. The number of fused-ring (bicyclic) bond motifs is 3. The molecular formula is C20H26BrN5O3S. The summed E-state index contributed by atoms with van der Waals surface area (Å²) < 4.78 is 34.4. The maximum absolute atomic E-state index is 12.0. The molecule has 1 saturated heterocycles. The number of nitrogen functional groups attached to an aromatic ring is 1. The zero-order chi connectivity index (χ0) is 21.3. The van der Waals surface area contributed by atoms with Gasteiger partial charge in [0.2, 0.25) is 10.0 Å². The Labute approximate surface area is 184 Å². The average molecular weight is 496 g/mol. The predicted molar refractivity (Wildman–Crippen MR) is 122 cm³/mol. The molecule has 0 amide bonds. The summed E-state index contributed by atoms with van der Waals surface area (Å²) in [4.78, 5) is 9.26. The Morgan fingerprint density at radius 3 is 2.77 bits per heavy atom. The van der Waals surface area contributed by atoms with E-state index in [-0.39, 0.29) is 5.75 Å². The first-order chi connectivity index (χ1) is 14.4. The summed E-state index contributed by atoms with van der Waals surface area (Å²) >= 11 is 3.49. The quantitative estimate of drug-likeness (QED) is 0.480. The summed E-state index contributed by atoms with van der Waals surface area (Å²) in [6, 6.07) is 5.95. The van der Waals surface area contributed by atoms with Gasteiger partial charge in [0.1, 0.15) is 17.9 Å². The molecule has 0 saturated carbocycles. The van der Waals surface area contributed by atoms with E-state index in [0.29, 0.717) is 44.2 Å². The van der Waals surface area contributed by atoms with E-state index in [1.54, 1.807) is 4.31 Å². The van der Waals surface area contributed by atoms with E-state index in [9.17, 15) is 8.42 Å². The molecule has 3 aromatic rings. The standard InChI is InChI=1S/C20H26BrN5O3S/c1-2-29-13-17-24-18-19(15-7-6-14(21)12-16(15)23-20(18)22)26(17)10-4-3-8-25-9-5-11-30(25,27)28/h6-7,12H,2-5,8-11,13H2,1H3,(H2,22,23). The minimum Gasteiger partial charge on any atom is -0.382 e. The number of unbranched alkanes of at least 4 members (excludes halogenated alkanes) is 1. The zero-order valence-electron chi connectivity index (χ0n) is 17.0. The van der Waals surface area contributed by atoms with E-state index in [2.05, 4.69) is 25.5 Å². The highest BCUT2D eigenvalue weighted by molar-refractivity contribution is 9.10. The number of halogens is 1. The van der Waals surface area contributed by atoms with Crippen LogP contribution in [0.25, 0.3) is 21.9 Å². The summed E-state index contributed by atoms with van der Waals surface area (Å²) in [6.07, 6.45) is 2.34. The van der Waals surface area contributed by atoms with E-state index in [0.717, 1.165) is 46.0 Å². The number of aromatic nitrogens is 3. The van der Waals surface area contributed by atoms with Gasteiger partial charge in [-0.05, 0) is 44.4 Å². The Balaban J connectivity index is 1.64. The van der Waals surface area contributed by atoms with Gasteiger partial charge in [-0.15, -0.1) is 0 Å². The minimum atomic E-state index is -3.05. The molecule has 2 N–H and O–H groups in total. The van der Waals surface area contributed by atoms with Gasteiger partial charge in [0.15, 0.2) is 5.82 Å². The van der Waals surface area contributed by atoms with Crippen molar-refractivity contribution in [2.75, 3.05) is 31.2 Å². The van der Waals surface area contributed by atoms with Crippen LogP contribution in [0.15, 0.2) is 22.7 Å². The number of sulfonamides is 1. The number of nitrogens with zero attached hydrogens (tertiary/aromatic N) is 4. The van der Waals surface area contributed by atoms with Crippen molar-refractivity contribution in [3.8, 4) is 0 Å². The fourth-order valence-corrected chi connectivity index (χ4v) is 5.89. The number of hydrogen-bond donors (Lipinski definition) is 1. The van der Waals surface area contributed by atoms with Crippen molar-refractivity contribution < 1.29 is 13.2 Å². The number of aryl methyl sites for hydroxylation is 1. The van der Waals surface area contributed by atoms with Crippen molar-refractivity contribution in [2.45, 2.75) is 39.3 Å². The Morgan fingerprint density at radius 2 is 2.03 bits per heavy atom. The van der Waals surface area contributed by atoms with E-state index in [1.165, 1.54) is 0 Å². The second-order valence-electron chi connectivity index (χ2n) is 7.45. The summed E-state index contributed by atoms with van der Waals surface area (Å²) in [5, 5.41) is 0.986. The molecule has 8 nitrogen and oxygen atoms in total. The first kappa shape index (κ1) is 21.5. The lowest BCUT2D eigenvalue weighted by atomic mass is 10.2. The number of benzene rings is 1. The Morgan fingerprint density at radius 1 is 1.23 bits per heavy atom. The second-order valence-corrected chi connectivity index (χ2v) is 10.5. The Kier molecular flexibility index (Phi) is 6.29. The lowest BCUT2D eigenvalue weighted by molar-refractivity contribution is 0.126. The van der Waals surface area contributed by atoms with Crippen LogP contribution in [0, 0.1) is 0 Å². The van der Waals surface area contributed by atoms with E-state index < -0.39 is 10.0 Å².